The van der Waals surface area contributed by atoms with Gasteiger partial charge in [-0.2, -0.15) is 10.2 Å². The predicted molar refractivity (Wildman–Crippen MR) is 115 cm³/mol. The molecule has 34 heavy (non-hydrogen) atoms. The standard InChI is InChI=1S/C23H19F2N5O4/c24-15-9-16(25)11-17(10-15)30-13-14(8-20(30)31)22(32)28-3-5-29(6-4-28)23-18(12-26)27-21(34-23)19-2-1-7-33-19/h1-2,7,9-11,14H,3-6,8,13H2. The first-order chi connectivity index (χ1) is 16.4. The molecule has 0 radical (unpaired) electrons. The Labute approximate surface area is 192 Å². The fraction of sp³-hybridized carbons (Fsp3) is 0.304. The van der Waals surface area contributed by atoms with Gasteiger partial charge in [-0.3, -0.25) is 9.59 Å². The second-order valence-electron chi connectivity index (χ2n) is 8.11. The highest BCUT2D eigenvalue weighted by Crippen LogP contribution is 2.31. The van der Waals surface area contributed by atoms with Crippen LogP contribution in [0, 0.1) is 28.9 Å². The lowest BCUT2D eigenvalue weighted by atomic mass is 10.1. The molecule has 2 fully saturated rings. The number of hydrogen-bond donors (Lipinski definition) is 0. The fourth-order valence-corrected chi connectivity index (χ4v) is 4.31. The van der Waals surface area contributed by atoms with Gasteiger partial charge in [0.2, 0.25) is 23.4 Å². The molecule has 1 aromatic carbocycles. The summed E-state index contributed by atoms with van der Waals surface area (Å²) in [7, 11) is 0. The summed E-state index contributed by atoms with van der Waals surface area (Å²) in [6.45, 7) is 1.60. The monoisotopic (exact) mass is 467 g/mol. The summed E-state index contributed by atoms with van der Waals surface area (Å²) in [5.74, 6) is -1.79. The Morgan fingerprint density at radius 1 is 1.15 bits per heavy atom. The van der Waals surface area contributed by atoms with Crippen molar-refractivity contribution in [2.75, 3.05) is 42.5 Å². The molecular weight excluding hydrogens is 448 g/mol. The van der Waals surface area contributed by atoms with E-state index in [0.29, 0.717) is 37.8 Å². The number of piperazine rings is 1. The normalized spacial score (nSPS) is 18.4. The molecule has 0 spiro atoms. The second kappa shape index (κ2) is 8.62. The molecule has 11 heteroatoms. The van der Waals surface area contributed by atoms with E-state index in [0.717, 1.165) is 18.2 Å². The summed E-state index contributed by atoms with van der Waals surface area (Å²) in [6.07, 6.45) is 1.46. The second-order valence-corrected chi connectivity index (χ2v) is 8.11. The molecule has 2 amide bonds. The molecule has 0 aliphatic carbocycles. The first kappa shape index (κ1) is 21.6. The number of nitrogens with zero attached hydrogens (tertiary/aromatic N) is 5. The van der Waals surface area contributed by atoms with Crippen molar-refractivity contribution in [3.8, 4) is 17.7 Å². The third-order valence-corrected chi connectivity index (χ3v) is 5.96. The van der Waals surface area contributed by atoms with Gasteiger partial charge in [0.25, 0.3) is 5.89 Å². The van der Waals surface area contributed by atoms with Crippen LogP contribution < -0.4 is 9.80 Å². The van der Waals surface area contributed by atoms with Crippen LogP contribution in [0.2, 0.25) is 0 Å². The van der Waals surface area contributed by atoms with Crippen molar-refractivity contribution < 1.29 is 27.2 Å². The maximum Gasteiger partial charge on any atom is 0.266 e. The highest BCUT2D eigenvalue weighted by molar-refractivity contribution is 6.00. The largest absolute Gasteiger partial charge is 0.459 e. The minimum absolute atomic E-state index is 0.0234. The number of carbonyl (C=O) groups excluding carboxylic acids is 2. The molecule has 5 rings (SSSR count). The van der Waals surface area contributed by atoms with Crippen molar-refractivity contribution in [3.63, 3.8) is 0 Å². The summed E-state index contributed by atoms with van der Waals surface area (Å²) < 4.78 is 38.2. The van der Waals surface area contributed by atoms with Gasteiger partial charge in [0, 0.05) is 50.9 Å². The van der Waals surface area contributed by atoms with Gasteiger partial charge in [0.1, 0.15) is 17.7 Å². The van der Waals surface area contributed by atoms with Gasteiger partial charge in [-0.05, 0) is 24.3 Å². The van der Waals surface area contributed by atoms with E-state index in [2.05, 4.69) is 4.98 Å². The number of rotatable bonds is 4. The molecule has 9 nitrogen and oxygen atoms in total. The topological polar surface area (TPSA) is 107 Å². The molecule has 2 aliphatic rings. The van der Waals surface area contributed by atoms with Gasteiger partial charge in [0.05, 0.1) is 12.2 Å². The van der Waals surface area contributed by atoms with Gasteiger partial charge in [-0.15, -0.1) is 0 Å². The maximum absolute atomic E-state index is 13.6. The zero-order valence-corrected chi connectivity index (χ0v) is 17.9. The van der Waals surface area contributed by atoms with E-state index in [-0.39, 0.29) is 42.1 Å². The number of carbonyl (C=O) groups is 2. The first-order valence-corrected chi connectivity index (χ1v) is 10.7. The molecule has 2 aliphatic heterocycles. The number of oxazole rings is 1. The van der Waals surface area contributed by atoms with Crippen molar-refractivity contribution in [1.82, 2.24) is 9.88 Å². The molecule has 2 saturated heterocycles. The number of halogens is 2. The number of hydrogen-bond acceptors (Lipinski definition) is 7. The van der Waals surface area contributed by atoms with Crippen LogP contribution in [0.25, 0.3) is 11.7 Å². The lowest BCUT2D eigenvalue weighted by molar-refractivity contribution is -0.136. The van der Waals surface area contributed by atoms with E-state index in [9.17, 15) is 23.6 Å². The van der Waals surface area contributed by atoms with Gasteiger partial charge in [0.15, 0.2) is 5.76 Å². The Bertz CT molecular complexity index is 1250. The van der Waals surface area contributed by atoms with Crippen LogP contribution in [0.15, 0.2) is 45.4 Å². The molecule has 1 unspecified atom stereocenters. The zero-order valence-electron chi connectivity index (χ0n) is 17.9. The van der Waals surface area contributed by atoms with Crippen molar-refractivity contribution >= 4 is 23.4 Å². The van der Waals surface area contributed by atoms with E-state index in [1.807, 2.05) is 11.0 Å². The van der Waals surface area contributed by atoms with Crippen molar-refractivity contribution in [2.45, 2.75) is 6.42 Å². The number of amides is 2. The average molecular weight is 467 g/mol. The van der Waals surface area contributed by atoms with E-state index in [1.54, 1.807) is 17.0 Å². The Balaban J connectivity index is 1.24. The minimum atomic E-state index is -0.784. The van der Waals surface area contributed by atoms with Crippen LogP contribution in [-0.2, 0) is 9.59 Å². The third-order valence-electron chi connectivity index (χ3n) is 5.96. The number of nitriles is 1. The molecule has 0 saturated carbocycles. The Morgan fingerprint density at radius 2 is 1.88 bits per heavy atom. The fourth-order valence-electron chi connectivity index (χ4n) is 4.31. The third kappa shape index (κ3) is 3.98. The molecule has 2 aromatic heterocycles. The highest BCUT2D eigenvalue weighted by atomic mass is 19.1. The van der Waals surface area contributed by atoms with Gasteiger partial charge in [-0.1, -0.05) is 0 Å². The minimum Gasteiger partial charge on any atom is -0.459 e. The summed E-state index contributed by atoms with van der Waals surface area (Å²) in [4.78, 5) is 34.4. The summed E-state index contributed by atoms with van der Waals surface area (Å²) in [6, 6.07) is 8.28. The summed E-state index contributed by atoms with van der Waals surface area (Å²) >= 11 is 0. The zero-order chi connectivity index (χ0) is 23.8. The van der Waals surface area contributed by atoms with Crippen molar-refractivity contribution in [1.29, 1.82) is 5.26 Å². The van der Waals surface area contributed by atoms with Crippen LogP contribution >= 0.6 is 0 Å². The average Bonchev–Trinajstić information content (AvgIpc) is 3.57. The molecule has 0 bridgehead atoms. The van der Waals surface area contributed by atoms with Crippen molar-refractivity contribution in [3.05, 3.63) is 53.9 Å². The summed E-state index contributed by atoms with van der Waals surface area (Å²) in [5.41, 5.74) is 0.231. The van der Waals surface area contributed by atoms with Gasteiger partial charge < -0.3 is 23.5 Å². The molecule has 0 N–H and O–H groups in total. The summed E-state index contributed by atoms with van der Waals surface area (Å²) in [5, 5.41) is 9.44. The smallest absolute Gasteiger partial charge is 0.266 e. The van der Waals surface area contributed by atoms with Crippen LogP contribution in [0.5, 0.6) is 0 Å². The predicted octanol–water partition coefficient (Wildman–Crippen LogP) is 2.79. The SMILES string of the molecule is N#Cc1nc(-c2ccco2)oc1N1CCN(C(=O)C2CC(=O)N(c3cc(F)cc(F)c3)C2)CC1. The van der Waals surface area contributed by atoms with E-state index < -0.39 is 17.6 Å². The quantitative estimate of drug-likeness (QED) is 0.581. The molecule has 3 aromatic rings. The Hall–Kier alpha value is -4.20. The van der Waals surface area contributed by atoms with E-state index in [1.165, 1.54) is 11.2 Å². The number of benzene rings is 1. The van der Waals surface area contributed by atoms with Gasteiger partial charge in [-0.25, -0.2) is 8.78 Å². The Kier molecular flexibility index (Phi) is 5.49. The van der Waals surface area contributed by atoms with Crippen LogP contribution in [0.3, 0.4) is 0 Å². The van der Waals surface area contributed by atoms with Gasteiger partial charge >= 0.3 is 0 Å². The number of anilines is 2. The van der Waals surface area contributed by atoms with E-state index >= 15 is 0 Å². The molecular formula is C23H19F2N5O4. The number of furan rings is 1. The van der Waals surface area contributed by atoms with E-state index in [4.69, 9.17) is 8.83 Å². The highest BCUT2D eigenvalue weighted by Gasteiger charge is 2.38. The molecule has 1 atom stereocenters. The van der Waals surface area contributed by atoms with Crippen LogP contribution in [0.4, 0.5) is 20.4 Å². The van der Waals surface area contributed by atoms with Crippen LogP contribution in [0.1, 0.15) is 12.1 Å². The lowest BCUT2D eigenvalue weighted by Crippen LogP contribution is -2.50. The Morgan fingerprint density at radius 3 is 2.53 bits per heavy atom. The molecule has 4 heterocycles. The first-order valence-electron chi connectivity index (χ1n) is 10.7. The number of aromatic nitrogens is 1. The lowest BCUT2D eigenvalue weighted by Gasteiger charge is -2.35. The van der Waals surface area contributed by atoms with Crippen LogP contribution in [-0.4, -0.2) is 54.4 Å². The van der Waals surface area contributed by atoms with Crippen molar-refractivity contribution in [2.24, 2.45) is 5.92 Å². The maximum atomic E-state index is 13.6. The molecule has 174 valence electrons.